The number of rotatable bonds is 1. The van der Waals surface area contributed by atoms with E-state index in [1.165, 1.54) is 18.3 Å². The summed E-state index contributed by atoms with van der Waals surface area (Å²) in [5, 5.41) is 10.7. The minimum Gasteiger partial charge on any atom is -0.361 e. The largest absolute Gasteiger partial charge is 0.361 e. The van der Waals surface area contributed by atoms with Crippen LogP contribution in [-0.2, 0) is 0 Å². The van der Waals surface area contributed by atoms with Gasteiger partial charge in [0.05, 0.1) is 16.5 Å². The summed E-state index contributed by atoms with van der Waals surface area (Å²) in [5.74, 6) is -0.578. The Bertz CT molecular complexity index is 478. The standard InChI is InChI=1S/C8H5FN2O2/c9-7-3-5(11(12)13)4-8-6(7)1-2-10-8/h1-4,10H. The number of aromatic nitrogens is 1. The van der Waals surface area contributed by atoms with Crippen LogP contribution in [0.5, 0.6) is 0 Å². The predicted molar refractivity (Wildman–Crippen MR) is 44.9 cm³/mol. The Hall–Kier alpha value is -1.91. The van der Waals surface area contributed by atoms with Crippen molar-refractivity contribution in [3.05, 3.63) is 40.3 Å². The van der Waals surface area contributed by atoms with Gasteiger partial charge in [-0.15, -0.1) is 0 Å². The van der Waals surface area contributed by atoms with Crippen molar-refractivity contribution in [2.45, 2.75) is 0 Å². The zero-order chi connectivity index (χ0) is 9.42. The Morgan fingerprint density at radius 1 is 1.46 bits per heavy atom. The van der Waals surface area contributed by atoms with Gasteiger partial charge in [0.2, 0.25) is 0 Å². The van der Waals surface area contributed by atoms with Crippen molar-refractivity contribution in [3.8, 4) is 0 Å². The van der Waals surface area contributed by atoms with Crippen LogP contribution in [0.3, 0.4) is 0 Å². The van der Waals surface area contributed by atoms with Gasteiger partial charge < -0.3 is 4.98 Å². The molecule has 0 aliphatic heterocycles. The van der Waals surface area contributed by atoms with Gasteiger partial charge in [-0.25, -0.2) is 4.39 Å². The maximum atomic E-state index is 13.1. The van der Waals surface area contributed by atoms with Gasteiger partial charge in [0.15, 0.2) is 0 Å². The summed E-state index contributed by atoms with van der Waals surface area (Å²) in [6.07, 6.45) is 1.54. The number of benzene rings is 1. The number of hydrogen-bond donors (Lipinski definition) is 1. The minimum atomic E-state index is -0.622. The highest BCUT2D eigenvalue weighted by molar-refractivity contribution is 5.82. The maximum Gasteiger partial charge on any atom is 0.274 e. The zero-order valence-corrected chi connectivity index (χ0v) is 6.45. The molecule has 1 N–H and O–H groups in total. The van der Waals surface area contributed by atoms with Crippen molar-refractivity contribution in [2.24, 2.45) is 0 Å². The molecule has 0 saturated carbocycles. The van der Waals surface area contributed by atoms with E-state index in [9.17, 15) is 14.5 Å². The Morgan fingerprint density at radius 2 is 2.23 bits per heavy atom. The topological polar surface area (TPSA) is 58.9 Å². The lowest BCUT2D eigenvalue weighted by molar-refractivity contribution is -0.384. The number of nitro groups is 1. The molecule has 66 valence electrons. The number of aromatic amines is 1. The molecule has 1 aromatic heterocycles. The van der Waals surface area contributed by atoms with Crippen LogP contribution in [0.25, 0.3) is 10.9 Å². The Morgan fingerprint density at radius 3 is 2.92 bits per heavy atom. The molecule has 0 aliphatic rings. The highest BCUT2D eigenvalue weighted by Crippen LogP contribution is 2.22. The van der Waals surface area contributed by atoms with E-state index in [1.54, 1.807) is 0 Å². The van der Waals surface area contributed by atoms with Crippen LogP contribution in [0.2, 0.25) is 0 Å². The third-order valence-corrected chi connectivity index (χ3v) is 1.81. The van der Waals surface area contributed by atoms with Gasteiger partial charge >= 0.3 is 0 Å². The monoisotopic (exact) mass is 180 g/mol. The van der Waals surface area contributed by atoms with E-state index in [0.29, 0.717) is 10.9 Å². The quantitative estimate of drug-likeness (QED) is 0.540. The van der Waals surface area contributed by atoms with Crippen LogP contribution in [0.1, 0.15) is 0 Å². The molecule has 0 amide bonds. The minimum absolute atomic E-state index is 0.243. The van der Waals surface area contributed by atoms with E-state index in [4.69, 9.17) is 0 Å². The molecule has 0 atom stereocenters. The molecule has 2 rings (SSSR count). The molecule has 0 radical (unpaired) electrons. The van der Waals surface area contributed by atoms with Gasteiger partial charge in [-0.2, -0.15) is 0 Å². The third-order valence-electron chi connectivity index (χ3n) is 1.81. The molecule has 2 aromatic rings. The van der Waals surface area contributed by atoms with Gasteiger partial charge in [-0.05, 0) is 6.07 Å². The molecular formula is C8H5FN2O2. The van der Waals surface area contributed by atoms with Crippen LogP contribution in [0.4, 0.5) is 10.1 Å². The van der Waals surface area contributed by atoms with Gasteiger partial charge in [0.1, 0.15) is 5.82 Å². The first-order chi connectivity index (χ1) is 6.18. The van der Waals surface area contributed by atoms with Gasteiger partial charge in [0, 0.05) is 17.6 Å². The molecule has 0 aliphatic carbocycles. The van der Waals surface area contributed by atoms with Crippen molar-refractivity contribution >= 4 is 16.6 Å². The van der Waals surface area contributed by atoms with E-state index in [2.05, 4.69) is 4.98 Å². The summed E-state index contributed by atoms with van der Waals surface area (Å²) >= 11 is 0. The maximum absolute atomic E-state index is 13.1. The Kier molecular flexibility index (Phi) is 1.51. The lowest BCUT2D eigenvalue weighted by Gasteiger charge is -1.93. The summed E-state index contributed by atoms with van der Waals surface area (Å²) in [6, 6.07) is 3.75. The lowest BCUT2D eigenvalue weighted by Crippen LogP contribution is -1.89. The van der Waals surface area contributed by atoms with E-state index >= 15 is 0 Å². The first-order valence-corrected chi connectivity index (χ1v) is 3.59. The number of nitrogens with zero attached hydrogens (tertiary/aromatic N) is 1. The van der Waals surface area contributed by atoms with Crippen molar-refractivity contribution in [1.29, 1.82) is 0 Å². The second-order valence-electron chi connectivity index (χ2n) is 2.62. The van der Waals surface area contributed by atoms with Crippen LogP contribution in [-0.4, -0.2) is 9.91 Å². The fourth-order valence-electron chi connectivity index (χ4n) is 1.21. The number of hydrogen-bond acceptors (Lipinski definition) is 2. The molecule has 13 heavy (non-hydrogen) atoms. The predicted octanol–water partition coefficient (Wildman–Crippen LogP) is 2.22. The Balaban J connectivity index is 2.77. The fourth-order valence-corrected chi connectivity index (χ4v) is 1.21. The second kappa shape index (κ2) is 2.55. The first kappa shape index (κ1) is 7.72. The normalized spacial score (nSPS) is 10.5. The molecule has 1 aromatic carbocycles. The van der Waals surface area contributed by atoms with Crippen molar-refractivity contribution in [3.63, 3.8) is 0 Å². The Labute approximate surface area is 72.1 Å². The van der Waals surface area contributed by atoms with Gasteiger partial charge in [-0.1, -0.05) is 0 Å². The molecule has 1 heterocycles. The van der Waals surface area contributed by atoms with Crippen LogP contribution in [0.15, 0.2) is 24.4 Å². The van der Waals surface area contributed by atoms with E-state index in [1.807, 2.05) is 0 Å². The fraction of sp³-hybridized carbons (Fsp3) is 0. The smallest absolute Gasteiger partial charge is 0.274 e. The van der Waals surface area contributed by atoms with Crippen molar-refractivity contribution in [1.82, 2.24) is 4.98 Å². The average molecular weight is 180 g/mol. The van der Waals surface area contributed by atoms with E-state index < -0.39 is 10.7 Å². The highest BCUT2D eigenvalue weighted by atomic mass is 19.1. The molecule has 0 unspecified atom stereocenters. The molecule has 0 fully saturated rings. The van der Waals surface area contributed by atoms with Crippen LogP contribution in [0, 0.1) is 15.9 Å². The molecular weight excluding hydrogens is 175 g/mol. The first-order valence-electron chi connectivity index (χ1n) is 3.59. The number of fused-ring (bicyclic) bond motifs is 1. The highest BCUT2D eigenvalue weighted by Gasteiger charge is 2.11. The van der Waals surface area contributed by atoms with Crippen LogP contribution >= 0.6 is 0 Å². The van der Waals surface area contributed by atoms with Crippen LogP contribution < -0.4 is 0 Å². The van der Waals surface area contributed by atoms with E-state index in [0.717, 1.165) is 6.07 Å². The molecule has 5 heteroatoms. The van der Waals surface area contributed by atoms with Crippen molar-refractivity contribution in [2.75, 3.05) is 0 Å². The van der Waals surface area contributed by atoms with E-state index in [-0.39, 0.29) is 5.69 Å². The SMILES string of the molecule is O=[N+]([O-])c1cc(F)c2cc[nH]c2c1. The summed E-state index contributed by atoms with van der Waals surface area (Å²) < 4.78 is 13.1. The number of nitro benzene ring substituents is 1. The van der Waals surface area contributed by atoms with Crippen molar-refractivity contribution < 1.29 is 9.31 Å². The van der Waals surface area contributed by atoms with Gasteiger partial charge in [-0.3, -0.25) is 10.1 Å². The second-order valence-corrected chi connectivity index (χ2v) is 2.62. The average Bonchev–Trinajstić information content (AvgIpc) is 2.51. The number of nitrogens with one attached hydrogen (secondary N) is 1. The number of non-ortho nitro benzene ring substituents is 1. The number of H-pyrrole nitrogens is 1. The summed E-state index contributed by atoms with van der Waals surface area (Å²) in [4.78, 5) is 12.4. The molecule has 0 spiro atoms. The third kappa shape index (κ3) is 1.14. The summed E-state index contributed by atoms with van der Waals surface area (Å²) in [5.41, 5.74) is 0.194. The molecule has 4 nitrogen and oxygen atoms in total. The van der Waals surface area contributed by atoms with Gasteiger partial charge in [0.25, 0.3) is 5.69 Å². The number of halogens is 1. The summed E-state index contributed by atoms with van der Waals surface area (Å²) in [7, 11) is 0. The zero-order valence-electron chi connectivity index (χ0n) is 6.45. The molecule has 0 saturated heterocycles. The lowest BCUT2D eigenvalue weighted by atomic mass is 10.2. The molecule has 0 bridgehead atoms. The summed E-state index contributed by atoms with van der Waals surface area (Å²) in [6.45, 7) is 0.